The average molecular weight is 357 g/mol. The predicted molar refractivity (Wildman–Crippen MR) is 65.0 cm³/mol. The smallest absolute Gasteiger partial charge is 0.269 e. The number of nitro groups is 1. The first-order valence-corrected chi connectivity index (χ1v) is 6.74. The van der Waals surface area contributed by atoms with E-state index in [4.69, 9.17) is 0 Å². The van der Waals surface area contributed by atoms with Crippen molar-refractivity contribution in [2.45, 2.75) is 23.4 Å². The van der Waals surface area contributed by atoms with Crippen LogP contribution in [-0.4, -0.2) is 29.7 Å². The van der Waals surface area contributed by atoms with Gasteiger partial charge in [-0.2, -0.15) is 6.42 Å². The van der Waals surface area contributed by atoms with Crippen LogP contribution in [0, 0.1) is 24.0 Å². The molecule has 6 nitrogen and oxygen atoms in total. The Kier molecular flexibility index (Phi) is 5.23. The number of nitrogens with zero attached hydrogens (tertiary/aromatic N) is 2. The van der Waals surface area contributed by atoms with Gasteiger partial charge in [0.15, 0.2) is 0 Å². The van der Waals surface area contributed by atoms with E-state index in [1.807, 2.05) is 0 Å². The van der Waals surface area contributed by atoms with Gasteiger partial charge in [-0.1, -0.05) is 6.04 Å². The third-order valence-corrected chi connectivity index (χ3v) is 4.89. The van der Waals surface area contributed by atoms with Crippen LogP contribution in [0.2, 0.25) is 0 Å². The Hall–Kier alpha value is -0.366. The van der Waals surface area contributed by atoms with Gasteiger partial charge >= 0.3 is 0 Å². The predicted octanol–water partition coefficient (Wildman–Crippen LogP) is 1.39. The molecule has 1 fully saturated rings. The molecule has 1 aliphatic heterocycles. The molecule has 8 heteroatoms. The summed E-state index contributed by atoms with van der Waals surface area (Å²) in [6.07, 6.45) is 0.459. The molecule has 1 heterocycles. The molecule has 101 valence electrons. The summed E-state index contributed by atoms with van der Waals surface area (Å²) in [7, 11) is -3.61. The maximum Gasteiger partial charge on any atom is 0.269 e. The minimum Gasteiger partial charge on any atom is -0.342 e. The van der Waals surface area contributed by atoms with Crippen LogP contribution in [0.5, 0.6) is 0 Å². The molecule has 0 N–H and O–H groups in total. The fourth-order valence-electron chi connectivity index (χ4n) is 1.85. The number of benzene rings is 1. The third-order valence-electron chi connectivity index (χ3n) is 2.93. The van der Waals surface area contributed by atoms with Crippen LogP contribution in [0.15, 0.2) is 29.2 Å². The number of non-ortho nitro benzene ring substituents is 1. The molecule has 1 aromatic carbocycles. The van der Waals surface area contributed by atoms with Crippen molar-refractivity contribution in [1.29, 1.82) is 0 Å². The molecule has 0 saturated carbocycles. The van der Waals surface area contributed by atoms with Gasteiger partial charge in [0.25, 0.3) is 5.69 Å². The van der Waals surface area contributed by atoms with E-state index in [2.05, 4.69) is 13.8 Å². The van der Waals surface area contributed by atoms with Crippen molar-refractivity contribution in [2.75, 3.05) is 0 Å². The van der Waals surface area contributed by atoms with Gasteiger partial charge in [0.2, 0.25) is 10.0 Å². The van der Waals surface area contributed by atoms with E-state index in [-0.39, 0.29) is 55.4 Å². The fourth-order valence-corrected chi connectivity index (χ4v) is 3.62. The van der Waals surface area contributed by atoms with Gasteiger partial charge in [0.05, 0.1) is 9.82 Å². The van der Waals surface area contributed by atoms with Crippen LogP contribution in [0.25, 0.3) is 0 Å². The number of sulfonamides is 1. The molecule has 3 atom stereocenters. The number of nitro benzene ring substituents is 1. The summed E-state index contributed by atoms with van der Waals surface area (Å²) in [5.41, 5.74) is -0.139. The third kappa shape index (κ3) is 3.04. The summed E-state index contributed by atoms with van der Waals surface area (Å²) in [4.78, 5) is 9.95. The minimum absolute atomic E-state index is 0. The number of hydrogen-bond donors (Lipinski definition) is 0. The van der Waals surface area contributed by atoms with Crippen molar-refractivity contribution in [2.24, 2.45) is 0 Å². The van der Waals surface area contributed by atoms with Crippen molar-refractivity contribution >= 4 is 15.7 Å². The van der Waals surface area contributed by atoms with E-state index in [1.54, 1.807) is 0 Å². The second-order valence-electron chi connectivity index (χ2n) is 4.01. The molecule has 19 heavy (non-hydrogen) atoms. The Morgan fingerprint density at radius 1 is 1.32 bits per heavy atom. The average Bonchev–Trinajstić information content (AvgIpc) is 3.00. The van der Waals surface area contributed by atoms with Crippen LogP contribution >= 0.6 is 0 Å². The van der Waals surface area contributed by atoms with E-state index < -0.39 is 14.9 Å². The van der Waals surface area contributed by atoms with Crippen LogP contribution in [0.4, 0.5) is 5.69 Å². The largest absolute Gasteiger partial charge is 0.342 e. The first-order valence-electron chi connectivity index (χ1n) is 5.30. The SMILES string of the molecule is [CH2-]CC1C([CH2-])N1S(=O)(=O)c1ccc([N+](=O)[O-])cc1.[Y]. The number of hydrogen-bond acceptors (Lipinski definition) is 4. The van der Waals surface area contributed by atoms with Gasteiger partial charge in [0, 0.05) is 44.8 Å². The van der Waals surface area contributed by atoms with E-state index in [1.165, 1.54) is 28.6 Å². The summed E-state index contributed by atoms with van der Waals surface area (Å²) in [5.74, 6) is 0. The first kappa shape index (κ1) is 16.7. The number of rotatable bonds is 4. The van der Waals surface area contributed by atoms with Gasteiger partial charge in [-0.3, -0.25) is 10.1 Å². The van der Waals surface area contributed by atoms with E-state index in [0.717, 1.165) is 0 Å². The maximum absolute atomic E-state index is 12.1. The monoisotopic (exact) mass is 357 g/mol. The molecule has 2 rings (SSSR count). The van der Waals surface area contributed by atoms with E-state index >= 15 is 0 Å². The molecule has 1 radical (unpaired) electrons. The molecular formula is C11H12N2O4SY-2. The van der Waals surface area contributed by atoms with Gasteiger partial charge in [-0.05, 0) is 18.2 Å². The Balaban J connectivity index is 0.00000180. The summed E-state index contributed by atoms with van der Waals surface area (Å²) in [6, 6.07) is 4.34. The van der Waals surface area contributed by atoms with Crippen molar-refractivity contribution in [3.63, 3.8) is 0 Å². The molecule has 3 unspecified atom stereocenters. The second kappa shape index (κ2) is 5.95. The zero-order chi connectivity index (χ0) is 13.5. The van der Waals surface area contributed by atoms with Crippen molar-refractivity contribution in [1.82, 2.24) is 4.31 Å². The molecule has 1 aliphatic rings. The second-order valence-corrected chi connectivity index (χ2v) is 5.85. The molecule has 0 spiro atoms. The van der Waals surface area contributed by atoms with Crippen molar-refractivity contribution < 1.29 is 46.1 Å². The molecule has 1 aromatic rings. The van der Waals surface area contributed by atoms with Crippen LogP contribution < -0.4 is 0 Å². The van der Waals surface area contributed by atoms with Crippen molar-refractivity contribution in [3.05, 3.63) is 48.2 Å². The van der Waals surface area contributed by atoms with Crippen molar-refractivity contribution in [3.8, 4) is 0 Å². The molecule has 0 bridgehead atoms. The maximum atomic E-state index is 12.1. The van der Waals surface area contributed by atoms with Gasteiger partial charge in [-0.15, -0.1) is 0 Å². The molecular weight excluding hydrogens is 345 g/mol. The van der Waals surface area contributed by atoms with Gasteiger partial charge < -0.3 is 13.8 Å². The Bertz CT molecular complexity index is 573. The van der Waals surface area contributed by atoms with E-state index in [9.17, 15) is 18.5 Å². The first-order chi connectivity index (χ1) is 8.39. The topological polar surface area (TPSA) is 80.3 Å². The Labute approximate surface area is 137 Å². The zero-order valence-corrected chi connectivity index (χ0v) is 13.8. The normalized spacial score (nSPS) is 25.5. The molecule has 1 saturated heterocycles. The summed E-state index contributed by atoms with van der Waals surface area (Å²) < 4.78 is 25.6. The summed E-state index contributed by atoms with van der Waals surface area (Å²) >= 11 is 0. The zero-order valence-electron chi connectivity index (χ0n) is 10.1. The van der Waals surface area contributed by atoms with Gasteiger partial charge in [-0.25, -0.2) is 12.7 Å². The van der Waals surface area contributed by atoms with E-state index in [0.29, 0.717) is 6.42 Å². The minimum atomic E-state index is -3.61. The summed E-state index contributed by atoms with van der Waals surface area (Å²) in [5, 5.41) is 10.5. The van der Waals surface area contributed by atoms with Crippen LogP contribution in [0.3, 0.4) is 0 Å². The Morgan fingerprint density at radius 2 is 1.84 bits per heavy atom. The molecule has 0 aromatic heterocycles. The molecule has 0 amide bonds. The van der Waals surface area contributed by atoms with Crippen LogP contribution in [-0.2, 0) is 42.7 Å². The summed E-state index contributed by atoms with van der Waals surface area (Å²) in [6.45, 7) is 7.38. The Morgan fingerprint density at radius 3 is 2.21 bits per heavy atom. The van der Waals surface area contributed by atoms with Crippen LogP contribution in [0.1, 0.15) is 6.42 Å². The quantitative estimate of drug-likeness (QED) is 0.353. The standard InChI is InChI=1S/C11H12N2O4S.Y/c1-3-11-8(2)12(11)18(16,17)10-6-4-9(5-7-10)13(14)15;/h4-8,11H,1-3H2;/q-2;. The van der Waals surface area contributed by atoms with Gasteiger partial charge in [0.1, 0.15) is 0 Å². The fraction of sp³-hybridized carbons (Fsp3) is 0.273. The molecule has 0 aliphatic carbocycles.